The number of nitrogens with two attached hydrogens (primary N) is 1. The Labute approximate surface area is 57.4 Å². The number of urea groups is 1. The molecule has 1 atom stereocenters. The van der Waals surface area contributed by atoms with Crippen molar-refractivity contribution in [3.05, 3.63) is 0 Å². The molecule has 0 aliphatic rings. The van der Waals surface area contributed by atoms with E-state index in [1.54, 1.807) is 0 Å². The molecule has 0 aromatic carbocycles. The molecule has 58 valence electrons. The van der Waals surface area contributed by atoms with Gasteiger partial charge in [0.05, 0.1) is 6.61 Å². The summed E-state index contributed by atoms with van der Waals surface area (Å²) >= 11 is 0. The van der Waals surface area contributed by atoms with E-state index in [1.165, 1.54) is 0 Å². The van der Waals surface area contributed by atoms with Gasteiger partial charge in [0.1, 0.15) is 12.3 Å². The van der Waals surface area contributed by atoms with E-state index >= 15 is 0 Å². The summed E-state index contributed by atoms with van der Waals surface area (Å²) in [5.41, 5.74) is 8.76. The van der Waals surface area contributed by atoms with Gasteiger partial charge in [-0.1, -0.05) is 0 Å². The maximum absolute atomic E-state index is 9.99. The highest BCUT2D eigenvalue weighted by atomic mass is 16.3. The number of primary amides is 1. The second kappa shape index (κ2) is 4.71. The Balaban J connectivity index is 3.44. The molecule has 6 heteroatoms. The maximum atomic E-state index is 9.99. The summed E-state index contributed by atoms with van der Waals surface area (Å²) in [4.78, 5) is 19.9. The zero-order valence-electron chi connectivity index (χ0n) is 5.20. The fourth-order valence-electron chi connectivity index (χ4n) is 0.287. The number of amides is 2. The predicted molar refractivity (Wildman–Crippen MR) is 32.8 cm³/mol. The van der Waals surface area contributed by atoms with Gasteiger partial charge >= 0.3 is 6.03 Å². The molecule has 0 aliphatic heterocycles. The van der Waals surface area contributed by atoms with Gasteiger partial charge in [0.15, 0.2) is 0 Å². The Bertz CT molecular complexity index is 127. The molecule has 0 aromatic heterocycles. The largest absolute Gasteiger partial charge is 0.394 e. The van der Waals surface area contributed by atoms with Gasteiger partial charge in [0, 0.05) is 0 Å². The Kier molecular flexibility index (Phi) is 4.17. The fraction of sp³-hybridized carbons (Fsp3) is 0.500. The van der Waals surface area contributed by atoms with Crippen LogP contribution in [0.3, 0.4) is 0 Å². The molecule has 0 saturated carbocycles. The topological polar surface area (TPSA) is 104 Å². The molecule has 1 unspecified atom stereocenters. The molecule has 0 spiro atoms. The molecule has 0 heterocycles. The van der Waals surface area contributed by atoms with Crippen molar-refractivity contribution in [2.24, 2.45) is 5.73 Å². The number of hydrogen-bond acceptors (Lipinski definition) is 4. The smallest absolute Gasteiger partial charge is 0.326 e. The first kappa shape index (κ1) is 8.86. The van der Waals surface area contributed by atoms with E-state index in [0.717, 1.165) is 0 Å². The Morgan fingerprint density at radius 1 is 1.80 bits per heavy atom. The molecule has 6 nitrogen and oxygen atoms in total. The molecule has 0 radical (unpaired) electrons. The van der Waals surface area contributed by atoms with Crippen LogP contribution in [0.2, 0.25) is 0 Å². The van der Waals surface area contributed by atoms with Gasteiger partial charge in [-0.25, -0.2) is 10.2 Å². The van der Waals surface area contributed by atoms with Crippen molar-refractivity contribution in [1.82, 2.24) is 10.9 Å². The first-order valence-electron chi connectivity index (χ1n) is 2.57. The highest BCUT2D eigenvalue weighted by molar-refractivity contribution is 5.71. The molecule has 0 aromatic rings. The van der Waals surface area contributed by atoms with Crippen LogP contribution in [0.15, 0.2) is 0 Å². The summed E-state index contributed by atoms with van der Waals surface area (Å²) in [6.07, 6.45) is 0.454. The van der Waals surface area contributed by atoms with Crippen molar-refractivity contribution in [3.8, 4) is 0 Å². The third kappa shape index (κ3) is 3.81. The maximum Gasteiger partial charge on any atom is 0.326 e. The lowest BCUT2D eigenvalue weighted by molar-refractivity contribution is -0.110. The summed E-state index contributed by atoms with van der Waals surface area (Å²) in [5, 5.41) is 8.35. The second-order valence-corrected chi connectivity index (χ2v) is 1.56. The molecule has 0 saturated heterocycles. The summed E-state index contributed by atoms with van der Waals surface area (Å²) < 4.78 is 0. The molecule has 0 bridgehead atoms. The number of rotatable bonds is 4. The number of aliphatic hydroxyl groups is 1. The lowest BCUT2D eigenvalue weighted by Crippen LogP contribution is -2.48. The summed E-state index contributed by atoms with van der Waals surface area (Å²) in [5.74, 6) is 0. The van der Waals surface area contributed by atoms with Crippen molar-refractivity contribution in [1.29, 1.82) is 0 Å². The van der Waals surface area contributed by atoms with Crippen molar-refractivity contribution in [2.75, 3.05) is 6.61 Å². The van der Waals surface area contributed by atoms with E-state index in [4.69, 9.17) is 5.11 Å². The zero-order valence-corrected chi connectivity index (χ0v) is 5.20. The van der Waals surface area contributed by atoms with Crippen LogP contribution in [0.1, 0.15) is 0 Å². The van der Waals surface area contributed by atoms with E-state index < -0.39 is 12.1 Å². The molecular weight excluding hydrogens is 138 g/mol. The van der Waals surface area contributed by atoms with Gasteiger partial charge in [-0.3, -0.25) is 5.43 Å². The van der Waals surface area contributed by atoms with E-state index in [-0.39, 0.29) is 6.61 Å². The predicted octanol–water partition coefficient (Wildman–Crippen LogP) is -2.28. The van der Waals surface area contributed by atoms with Crippen molar-refractivity contribution in [2.45, 2.75) is 6.04 Å². The molecule has 5 N–H and O–H groups in total. The van der Waals surface area contributed by atoms with E-state index in [9.17, 15) is 9.59 Å². The van der Waals surface area contributed by atoms with E-state index in [1.807, 2.05) is 5.43 Å². The average molecular weight is 147 g/mol. The van der Waals surface area contributed by atoms with E-state index in [0.29, 0.717) is 6.29 Å². The number of aliphatic hydroxyl groups excluding tert-OH is 1. The van der Waals surface area contributed by atoms with Crippen LogP contribution in [-0.2, 0) is 4.79 Å². The minimum atomic E-state index is -0.805. The number of hydrazine groups is 1. The monoisotopic (exact) mass is 147 g/mol. The fourth-order valence-corrected chi connectivity index (χ4v) is 0.287. The zero-order chi connectivity index (χ0) is 7.98. The van der Waals surface area contributed by atoms with Gasteiger partial charge in [-0.05, 0) is 0 Å². The molecular formula is C4H9N3O3. The minimum absolute atomic E-state index is 0.385. The van der Waals surface area contributed by atoms with Crippen molar-refractivity contribution >= 4 is 12.3 Å². The number of carbonyl (C=O) groups is 2. The first-order valence-corrected chi connectivity index (χ1v) is 2.57. The minimum Gasteiger partial charge on any atom is -0.394 e. The Hall–Kier alpha value is -1.14. The second-order valence-electron chi connectivity index (χ2n) is 1.56. The molecule has 0 fully saturated rings. The average Bonchev–Trinajstić information content (AvgIpc) is 1.90. The van der Waals surface area contributed by atoms with E-state index in [2.05, 4.69) is 11.2 Å². The lowest BCUT2D eigenvalue weighted by atomic mass is 10.4. The van der Waals surface area contributed by atoms with Gasteiger partial charge < -0.3 is 15.6 Å². The van der Waals surface area contributed by atoms with Crippen LogP contribution in [0.4, 0.5) is 4.79 Å². The summed E-state index contributed by atoms with van der Waals surface area (Å²) in [7, 11) is 0. The number of nitrogens with one attached hydrogen (secondary N) is 2. The standard InChI is InChI=1S/C4H9N3O3/c5-4(10)7-6-3(1-8)2-9/h1,3,6,9H,2H2,(H3,5,7,10). The van der Waals surface area contributed by atoms with Crippen molar-refractivity contribution < 1.29 is 14.7 Å². The van der Waals surface area contributed by atoms with Gasteiger partial charge in [0.2, 0.25) is 0 Å². The molecule has 0 aliphatic carbocycles. The van der Waals surface area contributed by atoms with Crippen LogP contribution in [0, 0.1) is 0 Å². The van der Waals surface area contributed by atoms with Crippen molar-refractivity contribution in [3.63, 3.8) is 0 Å². The first-order chi connectivity index (χ1) is 4.70. The number of hydrogen-bond donors (Lipinski definition) is 4. The van der Waals surface area contributed by atoms with Crippen LogP contribution < -0.4 is 16.6 Å². The molecule has 2 amide bonds. The van der Waals surface area contributed by atoms with Crippen LogP contribution in [-0.4, -0.2) is 30.1 Å². The third-order valence-electron chi connectivity index (χ3n) is 0.742. The van der Waals surface area contributed by atoms with Gasteiger partial charge in [-0.2, -0.15) is 0 Å². The Morgan fingerprint density at radius 3 is 2.70 bits per heavy atom. The molecule has 10 heavy (non-hydrogen) atoms. The number of aldehydes is 1. The highest BCUT2D eigenvalue weighted by Crippen LogP contribution is 1.69. The number of carbonyl (C=O) groups excluding carboxylic acids is 2. The van der Waals surface area contributed by atoms with Gasteiger partial charge in [0.25, 0.3) is 0 Å². The third-order valence-corrected chi connectivity index (χ3v) is 0.742. The Morgan fingerprint density at radius 2 is 2.40 bits per heavy atom. The highest BCUT2D eigenvalue weighted by Gasteiger charge is 2.03. The summed E-state index contributed by atoms with van der Waals surface area (Å²) in [6, 6.07) is -1.60. The van der Waals surface area contributed by atoms with Crippen LogP contribution in [0.5, 0.6) is 0 Å². The SMILES string of the molecule is NC(=O)NNC(C=O)CO. The normalized spacial score (nSPS) is 12.1. The summed E-state index contributed by atoms with van der Waals surface area (Å²) in [6.45, 7) is -0.385. The van der Waals surface area contributed by atoms with Crippen LogP contribution in [0.25, 0.3) is 0 Å². The van der Waals surface area contributed by atoms with Gasteiger partial charge in [-0.15, -0.1) is 0 Å². The molecule has 0 rings (SSSR count). The van der Waals surface area contributed by atoms with Crippen LogP contribution >= 0.6 is 0 Å². The lowest BCUT2D eigenvalue weighted by Gasteiger charge is -2.07. The quantitative estimate of drug-likeness (QED) is 0.265.